The summed E-state index contributed by atoms with van der Waals surface area (Å²) in [6.07, 6.45) is 1.95. The second-order valence-electron chi connectivity index (χ2n) is 6.80. The molecule has 0 saturated heterocycles. The van der Waals surface area contributed by atoms with Crippen molar-refractivity contribution in [2.75, 3.05) is 12.9 Å². The highest BCUT2D eigenvalue weighted by Gasteiger charge is 2.30. The zero-order valence-corrected chi connectivity index (χ0v) is 20.4. The Bertz CT molecular complexity index is 1140. The quantitative estimate of drug-likeness (QED) is 0.190. The summed E-state index contributed by atoms with van der Waals surface area (Å²) in [7, 11) is -2.51. The number of hydrogen-bond donors (Lipinski definition) is 0. The molecule has 0 aliphatic heterocycles. The summed E-state index contributed by atoms with van der Waals surface area (Å²) < 4.78 is 11.5. The maximum Gasteiger partial charge on any atom is 0.352 e. The molecule has 4 aromatic rings. The molecule has 4 rings (SSSR count). The Balaban J connectivity index is 2.11. The maximum absolute atomic E-state index is 12.8. The van der Waals surface area contributed by atoms with Crippen molar-refractivity contribution in [2.24, 2.45) is 4.74 Å². The predicted molar refractivity (Wildman–Crippen MR) is 137 cm³/mol. The summed E-state index contributed by atoms with van der Waals surface area (Å²) in [5, 5.41) is 3.31. The molecule has 0 N–H and O–H groups in total. The van der Waals surface area contributed by atoms with Crippen molar-refractivity contribution in [1.82, 2.24) is 4.98 Å². The van der Waals surface area contributed by atoms with E-state index in [0.29, 0.717) is 17.3 Å². The second-order valence-corrected chi connectivity index (χ2v) is 11.9. The molecule has 162 valence electrons. The van der Waals surface area contributed by atoms with Crippen LogP contribution in [-0.2, 0) is 4.74 Å². The van der Waals surface area contributed by atoms with Gasteiger partial charge in [0.1, 0.15) is 0 Å². The summed E-state index contributed by atoms with van der Waals surface area (Å²) in [4.78, 5) is 18.0. The van der Waals surface area contributed by atoms with Crippen LogP contribution in [0.15, 0.2) is 100 Å². The Morgan fingerprint density at radius 2 is 1.38 bits per heavy atom. The minimum Gasteiger partial charge on any atom is -0.462 e. The number of thioether (sulfide) groups is 1. The third-order valence-corrected chi connectivity index (χ3v) is 10.5. The molecular weight excluding hydrogens is 455 g/mol. The molecule has 4 nitrogen and oxygen atoms in total. The van der Waals surface area contributed by atoms with Crippen LogP contribution in [0.25, 0.3) is 0 Å². The Kier molecular flexibility index (Phi) is 7.26. The molecular formula is C25H23N2O2PS2. The summed E-state index contributed by atoms with van der Waals surface area (Å²) in [6, 6.07) is 30.9. The first-order chi connectivity index (χ1) is 15.7. The maximum atomic E-state index is 12.8. The van der Waals surface area contributed by atoms with E-state index in [4.69, 9.17) is 14.5 Å². The SMILES string of the molecule is CCOC(=O)c1sc(SC)nc1N=P(c1ccccc1)(c1ccccc1)c1ccccc1. The number of aromatic nitrogens is 1. The molecule has 0 saturated carbocycles. The lowest BCUT2D eigenvalue weighted by Crippen LogP contribution is -2.25. The average Bonchev–Trinajstić information content (AvgIpc) is 3.27. The molecule has 0 radical (unpaired) electrons. The molecule has 3 aromatic carbocycles. The molecule has 0 atom stereocenters. The fourth-order valence-electron chi connectivity index (χ4n) is 3.47. The summed E-state index contributed by atoms with van der Waals surface area (Å²) >= 11 is 2.84. The minimum atomic E-state index is -2.51. The third-order valence-electron chi connectivity index (χ3n) is 4.86. The van der Waals surface area contributed by atoms with E-state index in [1.807, 2.05) is 60.9 Å². The van der Waals surface area contributed by atoms with Crippen LogP contribution in [0.4, 0.5) is 5.82 Å². The predicted octanol–water partition coefficient (Wildman–Crippen LogP) is 5.85. The van der Waals surface area contributed by atoms with Gasteiger partial charge in [-0.1, -0.05) is 114 Å². The molecule has 0 unspecified atom stereocenters. The Morgan fingerprint density at radius 1 is 0.906 bits per heavy atom. The summed E-state index contributed by atoms with van der Waals surface area (Å²) in [5.41, 5.74) is 0. The van der Waals surface area contributed by atoms with Crippen LogP contribution < -0.4 is 15.9 Å². The first-order valence-electron chi connectivity index (χ1n) is 10.2. The van der Waals surface area contributed by atoms with E-state index in [2.05, 4.69) is 36.4 Å². The topological polar surface area (TPSA) is 51.5 Å². The lowest BCUT2D eigenvalue weighted by molar-refractivity contribution is 0.0533. The van der Waals surface area contributed by atoms with Gasteiger partial charge in [-0.15, -0.1) is 0 Å². The van der Waals surface area contributed by atoms with Crippen LogP contribution in [0.5, 0.6) is 0 Å². The number of benzene rings is 3. The van der Waals surface area contributed by atoms with E-state index in [0.717, 1.165) is 20.3 Å². The van der Waals surface area contributed by atoms with Crippen LogP contribution in [0.1, 0.15) is 16.6 Å². The first kappa shape index (κ1) is 22.5. The number of hydrogen-bond acceptors (Lipinski definition) is 6. The van der Waals surface area contributed by atoms with Crippen LogP contribution in [0, 0.1) is 0 Å². The summed E-state index contributed by atoms with van der Waals surface area (Å²) in [5.74, 6) is 0.0685. The average molecular weight is 479 g/mol. The molecule has 7 heteroatoms. The molecule has 0 amide bonds. The van der Waals surface area contributed by atoms with Crippen LogP contribution in [-0.4, -0.2) is 23.8 Å². The number of esters is 1. The zero-order valence-electron chi connectivity index (χ0n) is 17.8. The van der Waals surface area contributed by atoms with Crippen LogP contribution >= 0.6 is 30.2 Å². The van der Waals surface area contributed by atoms with Gasteiger partial charge in [0, 0.05) is 15.9 Å². The van der Waals surface area contributed by atoms with Gasteiger partial charge in [0.05, 0.1) is 13.7 Å². The third kappa shape index (κ3) is 4.44. The van der Waals surface area contributed by atoms with Crippen LogP contribution in [0.2, 0.25) is 0 Å². The number of ether oxygens (including phenoxy) is 1. The Hall–Kier alpha value is -2.66. The van der Waals surface area contributed by atoms with Crippen molar-refractivity contribution in [3.63, 3.8) is 0 Å². The van der Waals surface area contributed by atoms with E-state index in [-0.39, 0.29) is 5.97 Å². The Morgan fingerprint density at radius 3 is 1.78 bits per heavy atom. The smallest absolute Gasteiger partial charge is 0.352 e. The van der Waals surface area contributed by atoms with Gasteiger partial charge >= 0.3 is 5.97 Å². The van der Waals surface area contributed by atoms with E-state index in [1.165, 1.54) is 23.1 Å². The number of carbonyl (C=O) groups excluding carboxylic acids is 1. The van der Waals surface area contributed by atoms with Crippen molar-refractivity contribution < 1.29 is 9.53 Å². The van der Waals surface area contributed by atoms with E-state index in [1.54, 1.807) is 6.92 Å². The number of rotatable bonds is 7. The first-order valence-corrected chi connectivity index (χ1v) is 14.0. The van der Waals surface area contributed by atoms with Gasteiger partial charge in [-0.05, 0) is 13.2 Å². The largest absolute Gasteiger partial charge is 0.462 e. The fraction of sp³-hybridized carbons (Fsp3) is 0.120. The number of carbonyl (C=O) groups is 1. The van der Waals surface area contributed by atoms with Crippen molar-refractivity contribution in [3.8, 4) is 0 Å². The monoisotopic (exact) mass is 478 g/mol. The Labute approximate surface area is 196 Å². The number of thiazole rings is 1. The van der Waals surface area contributed by atoms with Gasteiger partial charge in [0.25, 0.3) is 0 Å². The van der Waals surface area contributed by atoms with E-state index >= 15 is 0 Å². The molecule has 0 fully saturated rings. The van der Waals surface area contributed by atoms with Gasteiger partial charge in [-0.2, -0.15) is 0 Å². The van der Waals surface area contributed by atoms with Gasteiger partial charge < -0.3 is 4.74 Å². The highest BCUT2D eigenvalue weighted by molar-refractivity contribution is 8.00. The van der Waals surface area contributed by atoms with Crippen LogP contribution in [0.3, 0.4) is 0 Å². The summed E-state index contributed by atoms with van der Waals surface area (Å²) in [6.45, 7) is 2.11. The molecule has 0 spiro atoms. The number of nitrogens with zero attached hydrogens (tertiary/aromatic N) is 2. The van der Waals surface area contributed by atoms with Crippen molar-refractivity contribution in [3.05, 3.63) is 95.9 Å². The van der Waals surface area contributed by atoms with Gasteiger partial charge in [-0.25, -0.2) is 14.5 Å². The lowest BCUT2D eigenvalue weighted by atomic mass is 10.4. The van der Waals surface area contributed by atoms with Gasteiger partial charge in [0.15, 0.2) is 15.0 Å². The zero-order chi connectivity index (χ0) is 22.4. The fourth-order valence-corrected chi connectivity index (χ4v) is 8.41. The lowest BCUT2D eigenvalue weighted by Gasteiger charge is -2.26. The molecule has 32 heavy (non-hydrogen) atoms. The van der Waals surface area contributed by atoms with Crippen molar-refractivity contribution in [1.29, 1.82) is 0 Å². The van der Waals surface area contributed by atoms with Gasteiger partial charge in [-0.3, -0.25) is 0 Å². The standard InChI is InChI=1S/C25H23N2O2PS2/c1-3-29-24(28)22-23(26-25(31-2)32-22)27-30(19-13-7-4-8-14-19,20-15-9-5-10-16-20)21-17-11-6-12-18-21/h4-18H,3H2,1-2H3. The highest BCUT2D eigenvalue weighted by atomic mass is 32.2. The van der Waals surface area contributed by atoms with E-state index in [9.17, 15) is 4.79 Å². The molecule has 0 bridgehead atoms. The molecule has 0 aliphatic rings. The normalized spacial score (nSPS) is 11.2. The molecule has 1 heterocycles. The minimum absolute atomic E-state index is 0.307. The van der Waals surface area contributed by atoms with Gasteiger partial charge in [0.2, 0.25) is 0 Å². The van der Waals surface area contributed by atoms with E-state index < -0.39 is 7.05 Å². The highest BCUT2D eigenvalue weighted by Crippen LogP contribution is 2.50. The van der Waals surface area contributed by atoms with Crippen molar-refractivity contribution >= 4 is 57.9 Å². The van der Waals surface area contributed by atoms with Crippen molar-refractivity contribution in [2.45, 2.75) is 11.3 Å². The second kappa shape index (κ2) is 10.3. The molecule has 0 aliphatic carbocycles. The molecule has 1 aromatic heterocycles.